The highest BCUT2D eigenvalue weighted by molar-refractivity contribution is 7.99. The Balaban J connectivity index is 1.81. The Labute approximate surface area is 120 Å². The van der Waals surface area contributed by atoms with E-state index in [-0.39, 0.29) is 0 Å². The summed E-state index contributed by atoms with van der Waals surface area (Å²) in [6, 6.07) is 6.86. The van der Waals surface area contributed by atoms with Crippen LogP contribution >= 0.6 is 11.8 Å². The van der Waals surface area contributed by atoms with Crippen molar-refractivity contribution in [1.29, 1.82) is 0 Å². The molecule has 1 saturated heterocycles. The maximum absolute atomic E-state index is 5.33. The third-order valence-corrected chi connectivity index (χ3v) is 4.56. The number of methoxy groups -OCH3 is 2. The normalized spacial score (nSPS) is 16.3. The number of hydrogen-bond donors (Lipinski definition) is 1. The predicted molar refractivity (Wildman–Crippen MR) is 81.6 cm³/mol. The van der Waals surface area contributed by atoms with Gasteiger partial charge in [-0.15, -0.1) is 0 Å². The average molecular weight is 281 g/mol. The molecule has 106 valence electrons. The van der Waals surface area contributed by atoms with Gasteiger partial charge in [-0.25, -0.2) is 0 Å². The topological polar surface area (TPSA) is 30.5 Å². The summed E-state index contributed by atoms with van der Waals surface area (Å²) < 4.78 is 10.6. The van der Waals surface area contributed by atoms with Gasteiger partial charge in [-0.2, -0.15) is 11.8 Å². The molecule has 3 nitrogen and oxygen atoms in total. The SMILES string of the molecule is COc1ccc(CCNC2CCSCC2)cc1OC. The van der Waals surface area contributed by atoms with E-state index >= 15 is 0 Å². The summed E-state index contributed by atoms with van der Waals surface area (Å²) in [5.74, 6) is 4.21. The third-order valence-electron chi connectivity index (χ3n) is 3.52. The van der Waals surface area contributed by atoms with Crippen molar-refractivity contribution in [3.8, 4) is 11.5 Å². The molecular weight excluding hydrogens is 258 g/mol. The number of nitrogens with one attached hydrogen (secondary N) is 1. The van der Waals surface area contributed by atoms with Crippen LogP contribution in [0.4, 0.5) is 0 Å². The van der Waals surface area contributed by atoms with E-state index in [0.29, 0.717) is 6.04 Å². The molecule has 0 saturated carbocycles. The molecule has 1 N–H and O–H groups in total. The molecule has 0 aliphatic carbocycles. The highest BCUT2D eigenvalue weighted by Crippen LogP contribution is 2.27. The lowest BCUT2D eigenvalue weighted by atomic mass is 10.1. The Morgan fingerprint density at radius 3 is 2.58 bits per heavy atom. The van der Waals surface area contributed by atoms with Crippen molar-refractivity contribution in [1.82, 2.24) is 5.32 Å². The van der Waals surface area contributed by atoms with Gasteiger partial charge >= 0.3 is 0 Å². The zero-order valence-electron chi connectivity index (χ0n) is 11.8. The second-order valence-electron chi connectivity index (χ2n) is 4.78. The smallest absolute Gasteiger partial charge is 0.160 e. The first-order chi connectivity index (χ1) is 9.33. The van der Waals surface area contributed by atoms with Gasteiger partial charge in [0.05, 0.1) is 14.2 Å². The van der Waals surface area contributed by atoms with Crippen LogP contribution < -0.4 is 14.8 Å². The van der Waals surface area contributed by atoms with Gasteiger partial charge in [-0.3, -0.25) is 0 Å². The summed E-state index contributed by atoms with van der Waals surface area (Å²) in [7, 11) is 3.35. The van der Waals surface area contributed by atoms with Crippen LogP contribution in [0.15, 0.2) is 18.2 Å². The molecule has 1 fully saturated rings. The van der Waals surface area contributed by atoms with Gasteiger partial charge < -0.3 is 14.8 Å². The lowest BCUT2D eigenvalue weighted by molar-refractivity contribution is 0.354. The van der Waals surface area contributed by atoms with Crippen LogP contribution in [0, 0.1) is 0 Å². The largest absolute Gasteiger partial charge is 0.493 e. The van der Waals surface area contributed by atoms with E-state index < -0.39 is 0 Å². The molecule has 0 atom stereocenters. The minimum Gasteiger partial charge on any atom is -0.493 e. The highest BCUT2D eigenvalue weighted by Gasteiger charge is 2.12. The van der Waals surface area contributed by atoms with E-state index in [1.165, 1.54) is 29.9 Å². The van der Waals surface area contributed by atoms with Crippen LogP contribution in [0.2, 0.25) is 0 Å². The Bertz CT molecular complexity index is 392. The second kappa shape index (κ2) is 7.65. The number of thioether (sulfide) groups is 1. The Morgan fingerprint density at radius 2 is 1.89 bits per heavy atom. The van der Waals surface area contributed by atoms with Gasteiger partial charge in [0, 0.05) is 6.04 Å². The maximum Gasteiger partial charge on any atom is 0.160 e. The minimum absolute atomic E-state index is 0.710. The molecule has 1 aromatic rings. The molecule has 1 aliphatic rings. The Hall–Kier alpha value is -0.870. The number of benzene rings is 1. The van der Waals surface area contributed by atoms with Crippen LogP contribution in [-0.4, -0.2) is 38.3 Å². The molecule has 2 rings (SSSR count). The number of hydrogen-bond acceptors (Lipinski definition) is 4. The van der Waals surface area contributed by atoms with Gasteiger partial charge in [-0.1, -0.05) is 6.07 Å². The molecule has 0 spiro atoms. The first-order valence-corrected chi connectivity index (χ1v) is 8.01. The lowest BCUT2D eigenvalue weighted by Crippen LogP contribution is -2.33. The van der Waals surface area contributed by atoms with Crippen molar-refractivity contribution < 1.29 is 9.47 Å². The van der Waals surface area contributed by atoms with Crippen molar-refractivity contribution >= 4 is 11.8 Å². The summed E-state index contributed by atoms with van der Waals surface area (Å²) in [5.41, 5.74) is 1.29. The van der Waals surface area contributed by atoms with Crippen LogP contribution in [0.25, 0.3) is 0 Å². The summed E-state index contributed by atoms with van der Waals surface area (Å²) in [6.07, 6.45) is 3.64. The zero-order chi connectivity index (χ0) is 13.5. The number of rotatable bonds is 6. The van der Waals surface area contributed by atoms with E-state index in [1.807, 2.05) is 6.07 Å². The standard InChI is InChI=1S/C15H23NO2S/c1-17-14-4-3-12(11-15(14)18-2)5-8-16-13-6-9-19-10-7-13/h3-4,11,13,16H,5-10H2,1-2H3. The summed E-state index contributed by atoms with van der Waals surface area (Å²) in [6.45, 7) is 1.03. The van der Waals surface area contributed by atoms with Gasteiger partial charge in [0.15, 0.2) is 11.5 Å². The van der Waals surface area contributed by atoms with Crippen molar-refractivity contribution in [3.63, 3.8) is 0 Å². The molecule has 1 aromatic carbocycles. The van der Waals surface area contributed by atoms with E-state index in [4.69, 9.17) is 9.47 Å². The van der Waals surface area contributed by atoms with E-state index in [9.17, 15) is 0 Å². The van der Waals surface area contributed by atoms with Crippen LogP contribution in [0.5, 0.6) is 11.5 Å². The van der Waals surface area contributed by atoms with E-state index in [2.05, 4.69) is 29.2 Å². The van der Waals surface area contributed by atoms with Gasteiger partial charge in [0.25, 0.3) is 0 Å². The lowest BCUT2D eigenvalue weighted by Gasteiger charge is -2.22. The Morgan fingerprint density at radius 1 is 1.16 bits per heavy atom. The summed E-state index contributed by atoms with van der Waals surface area (Å²) in [4.78, 5) is 0. The molecule has 0 bridgehead atoms. The first-order valence-electron chi connectivity index (χ1n) is 6.85. The van der Waals surface area contributed by atoms with Crippen molar-refractivity contribution in [2.45, 2.75) is 25.3 Å². The quantitative estimate of drug-likeness (QED) is 0.868. The van der Waals surface area contributed by atoms with Crippen LogP contribution in [-0.2, 0) is 6.42 Å². The fraction of sp³-hybridized carbons (Fsp3) is 0.600. The molecule has 1 heterocycles. The molecule has 1 aliphatic heterocycles. The fourth-order valence-corrected chi connectivity index (χ4v) is 3.46. The van der Waals surface area contributed by atoms with E-state index in [1.54, 1.807) is 14.2 Å². The molecule has 0 amide bonds. The van der Waals surface area contributed by atoms with Crippen molar-refractivity contribution in [3.05, 3.63) is 23.8 Å². The second-order valence-corrected chi connectivity index (χ2v) is 6.00. The van der Waals surface area contributed by atoms with Gasteiger partial charge in [0.2, 0.25) is 0 Å². The fourth-order valence-electron chi connectivity index (χ4n) is 2.36. The van der Waals surface area contributed by atoms with Crippen LogP contribution in [0.1, 0.15) is 18.4 Å². The van der Waals surface area contributed by atoms with Crippen molar-refractivity contribution in [2.24, 2.45) is 0 Å². The molecule has 0 radical (unpaired) electrons. The molecule has 0 aromatic heterocycles. The minimum atomic E-state index is 0.710. The third kappa shape index (κ3) is 4.32. The zero-order valence-corrected chi connectivity index (χ0v) is 12.6. The highest BCUT2D eigenvalue weighted by atomic mass is 32.2. The van der Waals surface area contributed by atoms with Gasteiger partial charge in [-0.05, 0) is 55.0 Å². The van der Waals surface area contributed by atoms with Gasteiger partial charge in [0.1, 0.15) is 0 Å². The molecule has 19 heavy (non-hydrogen) atoms. The number of ether oxygens (including phenoxy) is 2. The monoisotopic (exact) mass is 281 g/mol. The summed E-state index contributed by atoms with van der Waals surface area (Å²) >= 11 is 2.07. The van der Waals surface area contributed by atoms with E-state index in [0.717, 1.165) is 24.5 Å². The van der Waals surface area contributed by atoms with Crippen LogP contribution in [0.3, 0.4) is 0 Å². The molecule has 0 unspecified atom stereocenters. The first kappa shape index (κ1) is 14.5. The Kier molecular flexibility index (Phi) is 5.86. The predicted octanol–water partition coefficient (Wildman–Crippen LogP) is 2.73. The maximum atomic E-state index is 5.33. The average Bonchev–Trinajstić information content (AvgIpc) is 2.48. The molecule has 4 heteroatoms. The van der Waals surface area contributed by atoms with Crippen molar-refractivity contribution in [2.75, 3.05) is 32.3 Å². The summed E-state index contributed by atoms with van der Waals surface area (Å²) in [5, 5.41) is 3.65. The molecular formula is C15H23NO2S.